The number of sulfonamides is 1. The predicted octanol–water partition coefficient (Wildman–Crippen LogP) is 0.111. The third-order valence-electron chi connectivity index (χ3n) is 3.36. The lowest BCUT2D eigenvalue weighted by Gasteiger charge is -2.19. The van der Waals surface area contributed by atoms with Gasteiger partial charge in [-0.25, -0.2) is 13.1 Å². The monoisotopic (exact) mass is 317 g/mol. The molecule has 2 N–H and O–H groups in total. The third kappa shape index (κ3) is 6.13. The predicted molar refractivity (Wildman–Crippen MR) is 83.7 cm³/mol. The molecular weight excluding hydrogens is 290 g/mol. The molecule has 21 heavy (non-hydrogen) atoms. The molecule has 1 unspecified atom stereocenters. The summed E-state index contributed by atoms with van der Waals surface area (Å²) in [5.41, 5.74) is 0. The van der Waals surface area contributed by atoms with Crippen molar-refractivity contribution in [1.29, 1.82) is 0 Å². The molecule has 122 valence electrons. The van der Waals surface area contributed by atoms with E-state index in [2.05, 4.69) is 22.1 Å². The third-order valence-corrected chi connectivity index (χ3v) is 4.74. The molecule has 0 saturated heterocycles. The summed E-state index contributed by atoms with van der Waals surface area (Å²) in [5.74, 6) is 0. The second-order valence-electron chi connectivity index (χ2n) is 5.31. The van der Waals surface area contributed by atoms with Crippen molar-refractivity contribution < 1.29 is 8.42 Å². The number of aryl methyl sites for hydroxylation is 1. The number of hydrogen-bond acceptors (Lipinski definition) is 5. The average molecular weight is 317 g/mol. The van der Waals surface area contributed by atoms with Crippen LogP contribution in [-0.4, -0.2) is 62.9 Å². The minimum atomic E-state index is -3.48. The van der Waals surface area contributed by atoms with Gasteiger partial charge in [0.25, 0.3) is 0 Å². The average Bonchev–Trinajstić information content (AvgIpc) is 2.90. The molecule has 0 amide bonds. The summed E-state index contributed by atoms with van der Waals surface area (Å²) >= 11 is 0. The molecule has 0 aromatic carbocycles. The molecule has 0 fully saturated rings. The minimum absolute atomic E-state index is 0.134. The number of likely N-dealkylation sites (N-methyl/N-ethyl adjacent to an activating group) is 1. The quantitative estimate of drug-likeness (QED) is 0.599. The highest BCUT2D eigenvalue weighted by Crippen LogP contribution is 2.07. The summed E-state index contributed by atoms with van der Waals surface area (Å²) in [4.78, 5) is 2.18. The summed E-state index contributed by atoms with van der Waals surface area (Å²) in [6.45, 7) is 6.94. The Morgan fingerprint density at radius 3 is 2.76 bits per heavy atom. The van der Waals surface area contributed by atoms with Gasteiger partial charge in [0.2, 0.25) is 10.0 Å². The Balaban J connectivity index is 2.53. The fourth-order valence-electron chi connectivity index (χ4n) is 1.64. The van der Waals surface area contributed by atoms with Gasteiger partial charge in [-0.1, -0.05) is 6.92 Å². The number of nitrogens with zero attached hydrogens (tertiary/aromatic N) is 3. The molecule has 0 aliphatic heterocycles. The van der Waals surface area contributed by atoms with Crippen molar-refractivity contribution in [3.05, 3.63) is 12.4 Å². The van der Waals surface area contributed by atoms with Crippen LogP contribution >= 0.6 is 0 Å². The smallest absolute Gasteiger partial charge is 0.243 e. The molecular formula is C13H27N5O2S. The normalized spacial score (nSPS) is 13.8. The molecule has 0 aliphatic carbocycles. The molecule has 0 saturated carbocycles. The SMILES string of the molecule is CCNCCCn1cc(S(=O)(=O)NCC(C)N(C)C)cn1. The van der Waals surface area contributed by atoms with E-state index < -0.39 is 10.0 Å². The van der Waals surface area contributed by atoms with Crippen molar-refractivity contribution in [2.24, 2.45) is 0 Å². The van der Waals surface area contributed by atoms with Gasteiger partial charge in [0.15, 0.2) is 0 Å². The van der Waals surface area contributed by atoms with E-state index in [1.165, 1.54) is 6.20 Å². The molecule has 0 aliphatic rings. The Labute approximate surface area is 127 Å². The van der Waals surface area contributed by atoms with Crippen LogP contribution in [0.4, 0.5) is 0 Å². The highest BCUT2D eigenvalue weighted by molar-refractivity contribution is 7.89. The van der Waals surface area contributed by atoms with Crippen LogP contribution in [0.2, 0.25) is 0 Å². The first-order valence-electron chi connectivity index (χ1n) is 7.26. The number of nitrogens with one attached hydrogen (secondary N) is 2. The number of hydrogen-bond donors (Lipinski definition) is 2. The van der Waals surface area contributed by atoms with Crippen molar-refractivity contribution in [1.82, 2.24) is 24.7 Å². The molecule has 8 heteroatoms. The summed E-state index contributed by atoms with van der Waals surface area (Å²) in [5, 5.41) is 7.32. The van der Waals surface area contributed by atoms with E-state index in [-0.39, 0.29) is 10.9 Å². The van der Waals surface area contributed by atoms with Gasteiger partial charge in [-0.2, -0.15) is 5.10 Å². The van der Waals surface area contributed by atoms with E-state index in [4.69, 9.17) is 0 Å². The van der Waals surface area contributed by atoms with Crippen molar-refractivity contribution in [2.45, 2.75) is 37.8 Å². The maximum Gasteiger partial charge on any atom is 0.243 e. The van der Waals surface area contributed by atoms with E-state index in [9.17, 15) is 8.42 Å². The fourth-order valence-corrected chi connectivity index (χ4v) is 2.72. The second kappa shape index (κ2) is 8.47. The van der Waals surface area contributed by atoms with E-state index >= 15 is 0 Å². The van der Waals surface area contributed by atoms with Gasteiger partial charge >= 0.3 is 0 Å². The molecule has 1 aromatic rings. The standard InChI is InChI=1S/C13H27N5O2S/c1-5-14-7-6-8-18-11-13(10-15-18)21(19,20)16-9-12(2)17(3)4/h10-12,14,16H,5-9H2,1-4H3. The molecule has 1 atom stereocenters. The lowest BCUT2D eigenvalue weighted by Crippen LogP contribution is -2.38. The number of rotatable bonds is 10. The first-order valence-corrected chi connectivity index (χ1v) is 8.74. The van der Waals surface area contributed by atoms with Gasteiger partial charge in [0.1, 0.15) is 4.90 Å². The lowest BCUT2D eigenvalue weighted by molar-refractivity contribution is 0.314. The van der Waals surface area contributed by atoms with Gasteiger partial charge in [0, 0.05) is 25.3 Å². The Kier molecular flexibility index (Phi) is 7.30. The maximum atomic E-state index is 12.2. The Morgan fingerprint density at radius 2 is 2.14 bits per heavy atom. The molecule has 1 aromatic heterocycles. The zero-order valence-electron chi connectivity index (χ0n) is 13.3. The summed E-state index contributed by atoms with van der Waals surface area (Å²) < 4.78 is 28.6. The largest absolute Gasteiger partial charge is 0.317 e. The van der Waals surface area contributed by atoms with Crippen molar-refractivity contribution in [3.8, 4) is 0 Å². The van der Waals surface area contributed by atoms with Crippen LogP contribution in [0.3, 0.4) is 0 Å². The Morgan fingerprint density at radius 1 is 1.43 bits per heavy atom. The topological polar surface area (TPSA) is 79.3 Å². The van der Waals surface area contributed by atoms with Crippen LogP contribution in [0.1, 0.15) is 20.3 Å². The first-order chi connectivity index (χ1) is 9.86. The molecule has 1 rings (SSSR count). The van der Waals surface area contributed by atoms with Crippen molar-refractivity contribution in [2.75, 3.05) is 33.7 Å². The maximum absolute atomic E-state index is 12.2. The zero-order chi connectivity index (χ0) is 15.9. The lowest BCUT2D eigenvalue weighted by atomic mass is 10.3. The van der Waals surface area contributed by atoms with E-state index in [1.807, 2.05) is 25.9 Å². The summed E-state index contributed by atoms with van der Waals surface area (Å²) in [6.07, 6.45) is 3.89. The van der Waals surface area contributed by atoms with Crippen molar-refractivity contribution >= 4 is 10.0 Å². The van der Waals surface area contributed by atoms with Gasteiger partial charge in [-0.15, -0.1) is 0 Å². The van der Waals surface area contributed by atoms with Crippen LogP contribution in [-0.2, 0) is 16.6 Å². The van der Waals surface area contributed by atoms with Gasteiger partial charge in [0.05, 0.1) is 6.20 Å². The molecule has 0 spiro atoms. The Hall–Kier alpha value is -0.960. The summed E-state index contributed by atoms with van der Waals surface area (Å²) in [7, 11) is 0.357. The molecule has 0 radical (unpaired) electrons. The first kappa shape index (κ1) is 18.1. The van der Waals surface area contributed by atoms with Gasteiger partial charge in [-0.3, -0.25) is 4.68 Å². The number of aromatic nitrogens is 2. The highest BCUT2D eigenvalue weighted by Gasteiger charge is 2.17. The van der Waals surface area contributed by atoms with E-state index in [1.54, 1.807) is 10.9 Å². The van der Waals surface area contributed by atoms with E-state index in [0.717, 1.165) is 19.5 Å². The van der Waals surface area contributed by atoms with Crippen LogP contribution in [0.15, 0.2) is 17.3 Å². The second-order valence-corrected chi connectivity index (χ2v) is 7.08. The molecule has 0 bridgehead atoms. The van der Waals surface area contributed by atoms with Gasteiger partial charge < -0.3 is 10.2 Å². The Bertz CT molecular complexity index is 512. The van der Waals surface area contributed by atoms with E-state index in [0.29, 0.717) is 13.1 Å². The van der Waals surface area contributed by atoms with Crippen LogP contribution < -0.4 is 10.0 Å². The van der Waals surface area contributed by atoms with Crippen LogP contribution in [0.5, 0.6) is 0 Å². The van der Waals surface area contributed by atoms with Crippen LogP contribution in [0, 0.1) is 0 Å². The van der Waals surface area contributed by atoms with Crippen LogP contribution in [0.25, 0.3) is 0 Å². The molecule has 7 nitrogen and oxygen atoms in total. The highest BCUT2D eigenvalue weighted by atomic mass is 32.2. The van der Waals surface area contributed by atoms with Gasteiger partial charge in [-0.05, 0) is 40.5 Å². The summed E-state index contributed by atoms with van der Waals surface area (Å²) in [6, 6.07) is 0.134. The fraction of sp³-hybridized carbons (Fsp3) is 0.769. The zero-order valence-corrected chi connectivity index (χ0v) is 14.2. The minimum Gasteiger partial charge on any atom is -0.317 e. The van der Waals surface area contributed by atoms with Crippen molar-refractivity contribution in [3.63, 3.8) is 0 Å². The molecule has 1 heterocycles.